The van der Waals surface area contributed by atoms with Gasteiger partial charge in [-0.3, -0.25) is 10.1 Å². The maximum atomic E-state index is 13.2. The first-order chi connectivity index (χ1) is 11.1. The van der Waals surface area contributed by atoms with E-state index in [4.69, 9.17) is 0 Å². The van der Waals surface area contributed by atoms with Crippen LogP contribution < -0.4 is 4.90 Å². The van der Waals surface area contributed by atoms with Crippen LogP contribution in [0.25, 0.3) is 0 Å². The number of imidazole rings is 1. The fraction of sp³-hybridized carbons (Fsp3) is 0.400. The Morgan fingerprint density at radius 2 is 2.17 bits per heavy atom. The monoisotopic (exact) mass is 320 g/mol. The van der Waals surface area contributed by atoms with Crippen molar-refractivity contribution in [3.63, 3.8) is 0 Å². The lowest BCUT2D eigenvalue weighted by atomic mass is 9.90. The summed E-state index contributed by atoms with van der Waals surface area (Å²) in [5, 5.41) is 21.4. The Morgan fingerprint density at radius 3 is 2.78 bits per heavy atom. The number of nitrogens with one attached hydrogen (secondary N) is 1. The molecule has 1 saturated heterocycles. The summed E-state index contributed by atoms with van der Waals surface area (Å²) < 4.78 is 13.2. The maximum absolute atomic E-state index is 13.2. The summed E-state index contributed by atoms with van der Waals surface area (Å²) in [4.78, 5) is 19.4. The van der Waals surface area contributed by atoms with Crippen molar-refractivity contribution in [3.8, 4) is 0 Å². The number of anilines is 1. The second kappa shape index (κ2) is 6.33. The number of hydrogen-bond donors (Lipinski definition) is 2. The van der Waals surface area contributed by atoms with Gasteiger partial charge in [-0.15, -0.1) is 0 Å². The molecular formula is C15H17FN4O3. The zero-order valence-corrected chi connectivity index (χ0v) is 12.4. The van der Waals surface area contributed by atoms with Crippen molar-refractivity contribution in [2.75, 3.05) is 18.0 Å². The van der Waals surface area contributed by atoms with Crippen LogP contribution in [0.3, 0.4) is 0 Å². The molecule has 1 fully saturated rings. The van der Waals surface area contributed by atoms with Gasteiger partial charge in [-0.2, -0.15) is 0 Å². The third kappa shape index (κ3) is 3.16. The minimum absolute atomic E-state index is 0.0388. The van der Waals surface area contributed by atoms with Crippen molar-refractivity contribution in [2.24, 2.45) is 5.92 Å². The van der Waals surface area contributed by atoms with E-state index in [1.54, 1.807) is 12.4 Å². The van der Waals surface area contributed by atoms with Crippen LogP contribution in [0.5, 0.6) is 0 Å². The van der Waals surface area contributed by atoms with Gasteiger partial charge in [0.1, 0.15) is 23.4 Å². The van der Waals surface area contributed by atoms with Gasteiger partial charge in [-0.05, 0) is 30.9 Å². The number of aromatic amines is 1. The van der Waals surface area contributed by atoms with Gasteiger partial charge in [-0.25, -0.2) is 9.37 Å². The number of nitrogens with zero attached hydrogens (tertiary/aromatic N) is 3. The molecule has 1 atom stereocenters. The molecule has 122 valence electrons. The molecule has 2 N–H and O–H groups in total. The molecule has 0 radical (unpaired) electrons. The van der Waals surface area contributed by atoms with Gasteiger partial charge in [0.05, 0.1) is 11.0 Å². The van der Waals surface area contributed by atoms with Crippen LogP contribution in [0.4, 0.5) is 15.8 Å². The molecule has 3 rings (SSSR count). The number of halogens is 1. The quantitative estimate of drug-likeness (QED) is 0.666. The standard InChI is InChI=1S/C15H17FN4O3/c16-11-1-2-12(13(9-11)20(22)23)19-7-3-10(4-8-19)14(21)15-17-5-6-18-15/h1-2,5-6,9-10,14,21H,3-4,7-8H2,(H,17,18). The molecule has 0 spiro atoms. The molecular weight excluding hydrogens is 303 g/mol. The number of nitro groups is 1. The zero-order valence-electron chi connectivity index (χ0n) is 12.4. The first-order valence-electron chi connectivity index (χ1n) is 7.42. The molecule has 1 unspecified atom stereocenters. The lowest BCUT2D eigenvalue weighted by molar-refractivity contribution is -0.384. The average molecular weight is 320 g/mol. The number of rotatable bonds is 4. The molecule has 7 nitrogen and oxygen atoms in total. The highest BCUT2D eigenvalue weighted by atomic mass is 19.1. The Morgan fingerprint density at radius 1 is 1.43 bits per heavy atom. The van der Waals surface area contributed by atoms with Crippen LogP contribution in [-0.4, -0.2) is 33.1 Å². The molecule has 1 aromatic heterocycles. The van der Waals surface area contributed by atoms with Crippen molar-refractivity contribution in [1.82, 2.24) is 9.97 Å². The SMILES string of the molecule is O=[N+]([O-])c1cc(F)ccc1N1CCC(C(O)c2ncc[nH]2)CC1. The fourth-order valence-corrected chi connectivity index (χ4v) is 3.03. The molecule has 23 heavy (non-hydrogen) atoms. The lowest BCUT2D eigenvalue weighted by Gasteiger charge is -2.34. The highest BCUT2D eigenvalue weighted by Crippen LogP contribution is 2.35. The van der Waals surface area contributed by atoms with Crippen LogP contribution in [0.15, 0.2) is 30.6 Å². The van der Waals surface area contributed by atoms with E-state index in [1.807, 2.05) is 4.90 Å². The first kappa shape index (κ1) is 15.4. The Kier molecular flexibility index (Phi) is 4.24. The molecule has 2 aromatic rings. The second-order valence-corrected chi connectivity index (χ2v) is 5.63. The van der Waals surface area contributed by atoms with E-state index < -0.39 is 16.8 Å². The molecule has 1 aliphatic heterocycles. The molecule has 0 bridgehead atoms. The molecule has 0 amide bonds. The second-order valence-electron chi connectivity index (χ2n) is 5.63. The van der Waals surface area contributed by atoms with E-state index in [1.165, 1.54) is 12.1 Å². The van der Waals surface area contributed by atoms with E-state index >= 15 is 0 Å². The van der Waals surface area contributed by atoms with Crippen LogP contribution >= 0.6 is 0 Å². The summed E-state index contributed by atoms with van der Waals surface area (Å²) in [7, 11) is 0. The van der Waals surface area contributed by atoms with Gasteiger partial charge < -0.3 is 15.0 Å². The van der Waals surface area contributed by atoms with Crippen molar-refractivity contribution in [2.45, 2.75) is 18.9 Å². The molecule has 2 heterocycles. The lowest BCUT2D eigenvalue weighted by Crippen LogP contribution is -2.36. The van der Waals surface area contributed by atoms with E-state index in [2.05, 4.69) is 9.97 Å². The molecule has 1 aromatic carbocycles. The van der Waals surface area contributed by atoms with Gasteiger partial charge in [0.25, 0.3) is 5.69 Å². The minimum Gasteiger partial charge on any atom is -0.385 e. The first-order valence-corrected chi connectivity index (χ1v) is 7.42. The van der Waals surface area contributed by atoms with E-state index in [0.717, 1.165) is 6.07 Å². The highest BCUT2D eigenvalue weighted by molar-refractivity contribution is 5.63. The van der Waals surface area contributed by atoms with Crippen molar-refractivity contribution < 1.29 is 14.4 Å². The van der Waals surface area contributed by atoms with Crippen LogP contribution in [0.2, 0.25) is 0 Å². The largest absolute Gasteiger partial charge is 0.385 e. The maximum Gasteiger partial charge on any atom is 0.295 e. The summed E-state index contributed by atoms with van der Waals surface area (Å²) in [6.07, 6.45) is 3.94. The van der Waals surface area contributed by atoms with Gasteiger partial charge in [0.15, 0.2) is 0 Å². The Hall–Kier alpha value is -2.48. The number of aliphatic hydroxyl groups excluding tert-OH is 1. The van der Waals surface area contributed by atoms with E-state index in [0.29, 0.717) is 37.4 Å². The van der Waals surface area contributed by atoms with Crippen molar-refractivity contribution in [3.05, 3.63) is 52.3 Å². The minimum atomic E-state index is -0.671. The predicted octanol–water partition coefficient (Wildman–Crippen LogP) is 2.41. The normalized spacial score (nSPS) is 17.2. The number of aromatic nitrogens is 2. The zero-order chi connectivity index (χ0) is 16.4. The van der Waals surface area contributed by atoms with Crippen molar-refractivity contribution >= 4 is 11.4 Å². The summed E-state index contributed by atoms with van der Waals surface area (Å²) in [6.45, 7) is 1.13. The van der Waals surface area contributed by atoms with Crippen LogP contribution in [-0.2, 0) is 0 Å². The Labute approximate surface area is 131 Å². The van der Waals surface area contributed by atoms with Gasteiger partial charge in [0, 0.05) is 25.5 Å². The van der Waals surface area contributed by atoms with E-state index in [9.17, 15) is 19.6 Å². The van der Waals surface area contributed by atoms with Crippen LogP contribution in [0.1, 0.15) is 24.8 Å². The number of nitro benzene ring substituents is 1. The topological polar surface area (TPSA) is 95.3 Å². The number of aliphatic hydroxyl groups is 1. The average Bonchev–Trinajstić information content (AvgIpc) is 3.09. The van der Waals surface area contributed by atoms with Gasteiger partial charge in [0.2, 0.25) is 0 Å². The number of piperidine rings is 1. The predicted molar refractivity (Wildman–Crippen MR) is 81.5 cm³/mol. The van der Waals surface area contributed by atoms with Crippen LogP contribution in [0, 0.1) is 21.8 Å². The number of hydrogen-bond acceptors (Lipinski definition) is 5. The number of benzene rings is 1. The summed E-state index contributed by atoms with van der Waals surface area (Å²) in [5.41, 5.74) is 0.192. The molecule has 0 saturated carbocycles. The van der Waals surface area contributed by atoms with Gasteiger partial charge in [-0.1, -0.05) is 0 Å². The molecule has 8 heteroatoms. The highest BCUT2D eigenvalue weighted by Gasteiger charge is 2.30. The third-order valence-electron chi connectivity index (χ3n) is 4.26. The fourth-order valence-electron chi connectivity index (χ4n) is 3.03. The smallest absolute Gasteiger partial charge is 0.295 e. The summed E-state index contributed by atoms with van der Waals surface area (Å²) in [6, 6.07) is 3.61. The van der Waals surface area contributed by atoms with Crippen molar-refractivity contribution in [1.29, 1.82) is 0 Å². The van der Waals surface area contributed by atoms with Gasteiger partial charge >= 0.3 is 0 Å². The summed E-state index contributed by atoms with van der Waals surface area (Å²) >= 11 is 0. The molecule has 1 aliphatic rings. The van der Waals surface area contributed by atoms with E-state index in [-0.39, 0.29) is 11.6 Å². The summed E-state index contributed by atoms with van der Waals surface area (Å²) in [5.74, 6) is -0.0447. The molecule has 0 aliphatic carbocycles. The third-order valence-corrected chi connectivity index (χ3v) is 4.26. The Bertz CT molecular complexity index is 684. The number of H-pyrrole nitrogens is 1. The Balaban J connectivity index is 1.71.